The monoisotopic (exact) mass is 639 g/mol. The lowest BCUT2D eigenvalue weighted by Gasteiger charge is -2.26. The van der Waals surface area contributed by atoms with Crippen LogP contribution in [0.4, 0.5) is 17.1 Å². The van der Waals surface area contributed by atoms with Gasteiger partial charge in [0.1, 0.15) is 11.2 Å². The smallest absolute Gasteiger partial charge is 0.137 e. The van der Waals surface area contributed by atoms with Crippen LogP contribution >= 0.6 is 0 Å². The molecule has 0 radical (unpaired) electrons. The van der Waals surface area contributed by atoms with Gasteiger partial charge in [-0.1, -0.05) is 133 Å². The molecule has 0 unspecified atom stereocenters. The molecule has 0 aliphatic heterocycles. The summed E-state index contributed by atoms with van der Waals surface area (Å²) in [5.74, 6) is 0. The van der Waals surface area contributed by atoms with Crippen LogP contribution < -0.4 is 4.90 Å². The number of allylic oxidation sites excluding steroid dienone is 1. The average molecular weight is 640 g/mol. The molecule has 2 nitrogen and oxygen atoms in total. The average Bonchev–Trinajstić information content (AvgIpc) is 3.58. The minimum absolute atomic E-state index is 0.884. The fourth-order valence-electron chi connectivity index (χ4n) is 7.99. The number of furan rings is 1. The molecule has 50 heavy (non-hydrogen) atoms. The van der Waals surface area contributed by atoms with Crippen molar-refractivity contribution in [1.82, 2.24) is 0 Å². The highest BCUT2D eigenvalue weighted by Gasteiger charge is 2.20. The second-order valence-corrected chi connectivity index (χ2v) is 13.2. The first-order chi connectivity index (χ1) is 24.8. The third-order valence-electron chi connectivity index (χ3n) is 10.3. The van der Waals surface area contributed by atoms with Crippen LogP contribution in [-0.2, 0) is 6.42 Å². The van der Waals surface area contributed by atoms with Crippen molar-refractivity contribution in [1.29, 1.82) is 0 Å². The lowest BCUT2D eigenvalue weighted by molar-refractivity contribution is 0.669. The molecule has 1 aliphatic carbocycles. The Labute approximate surface area is 290 Å². The topological polar surface area (TPSA) is 16.4 Å². The van der Waals surface area contributed by atoms with E-state index < -0.39 is 0 Å². The van der Waals surface area contributed by atoms with Crippen molar-refractivity contribution in [2.45, 2.75) is 12.8 Å². The van der Waals surface area contributed by atoms with Gasteiger partial charge in [0.25, 0.3) is 0 Å². The first kappa shape index (κ1) is 28.6. The van der Waals surface area contributed by atoms with Gasteiger partial charge in [0.2, 0.25) is 0 Å². The fraction of sp³-hybridized carbons (Fsp3) is 0.0417. The fourth-order valence-corrected chi connectivity index (χ4v) is 7.99. The second kappa shape index (κ2) is 11.6. The lowest BCUT2D eigenvalue weighted by atomic mass is 9.87. The van der Waals surface area contributed by atoms with E-state index in [-0.39, 0.29) is 0 Å². The van der Waals surface area contributed by atoms with Gasteiger partial charge in [-0.15, -0.1) is 0 Å². The molecule has 8 aromatic carbocycles. The first-order valence-corrected chi connectivity index (χ1v) is 17.4. The molecule has 1 aliphatic rings. The molecule has 10 rings (SSSR count). The molecule has 0 bridgehead atoms. The van der Waals surface area contributed by atoms with Crippen LogP contribution in [0, 0.1) is 0 Å². The van der Waals surface area contributed by atoms with E-state index in [0.717, 1.165) is 57.4 Å². The zero-order chi connectivity index (χ0) is 33.0. The summed E-state index contributed by atoms with van der Waals surface area (Å²) >= 11 is 0. The molecule has 0 N–H and O–H groups in total. The van der Waals surface area contributed by atoms with Gasteiger partial charge in [0, 0.05) is 16.8 Å². The minimum atomic E-state index is 0.884. The maximum atomic E-state index is 6.47. The molecule has 0 amide bonds. The molecule has 2 heteroatoms. The van der Waals surface area contributed by atoms with Gasteiger partial charge < -0.3 is 9.32 Å². The number of benzene rings is 8. The molecular weight excluding hydrogens is 607 g/mol. The Morgan fingerprint density at radius 3 is 2.12 bits per heavy atom. The molecule has 1 heterocycles. The molecular formula is C48H33NO. The highest BCUT2D eigenvalue weighted by molar-refractivity contribution is 6.23. The minimum Gasteiger partial charge on any atom is -0.456 e. The number of aryl methyl sites for hydroxylation is 1. The van der Waals surface area contributed by atoms with Gasteiger partial charge in [0.05, 0.1) is 11.1 Å². The Bertz CT molecular complexity index is 2800. The lowest BCUT2D eigenvalue weighted by Crippen LogP contribution is -2.10. The van der Waals surface area contributed by atoms with E-state index in [4.69, 9.17) is 4.42 Å². The predicted octanol–water partition coefficient (Wildman–Crippen LogP) is 13.6. The van der Waals surface area contributed by atoms with Gasteiger partial charge in [-0.2, -0.15) is 0 Å². The van der Waals surface area contributed by atoms with Gasteiger partial charge in [-0.25, -0.2) is 0 Å². The van der Waals surface area contributed by atoms with Gasteiger partial charge in [-0.3, -0.25) is 0 Å². The van der Waals surface area contributed by atoms with Crippen LogP contribution in [0.25, 0.3) is 72.5 Å². The van der Waals surface area contributed by atoms with E-state index in [1.807, 2.05) is 0 Å². The molecule has 0 spiro atoms. The van der Waals surface area contributed by atoms with Crippen LogP contribution in [0.1, 0.15) is 28.7 Å². The van der Waals surface area contributed by atoms with E-state index in [9.17, 15) is 0 Å². The SMILES string of the molecule is C1=Cc2ccc3ccc4cccc(C=Cc5ccc(N(c6ccccc6)c6cccc7oc8ccc9ccccc9c8c67)cc5)c4c3c2CC1. The third kappa shape index (κ3) is 4.64. The van der Waals surface area contributed by atoms with E-state index in [0.29, 0.717) is 0 Å². The van der Waals surface area contributed by atoms with Crippen molar-refractivity contribution in [2.24, 2.45) is 0 Å². The summed E-state index contributed by atoms with van der Waals surface area (Å²) in [4.78, 5) is 2.35. The first-order valence-electron chi connectivity index (χ1n) is 17.4. The molecule has 236 valence electrons. The number of anilines is 3. The number of fused-ring (bicyclic) bond motifs is 10. The zero-order valence-electron chi connectivity index (χ0n) is 27.5. The van der Waals surface area contributed by atoms with Crippen LogP contribution in [-0.4, -0.2) is 0 Å². The maximum absolute atomic E-state index is 6.47. The van der Waals surface area contributed by atoms with E-state index in [2.05, 4.69) is 181 Å². The summed E-state index contributed by atoms with van der Waals surface area (Å²) in [5.41, 5.74) is 10.3. The van der Waals surface area contributed by atoms with Crippen molar-refractivity contribution in [3.05, 3.63) is 180 Å². The zero-order valence-corrected chi connectivity index (χ0v) is 27.5. The molecule has 0 saturated carbocycles. The van der Waals surface area contributed by atoms with Crippen LogP contribution in [0.15, 0.2) is 162 Å². The third-order valence-corrected chi connectivity index (χ3v) is 10.3. The second-order valence-electron chi connectivity index (χ2n) is 13.2. The molecule has 9 aromatic rings. The Morgan fingerprint density at radius 1 is 0.500 bits per heavy atom. The maximum Gasteiger partial charge on any atom is 0.137 e. The Balaban J connectivity index is 1.09. The van der Waals surface area contributed by atoms with E-state index in [1.54, 1.807) is 0 Å². The Morgan fingerprint density at radius 2 is 1.22 bits per heavy atom. The highest BCUT2D eigenvalue weighted by atomic mass is 16.3. The molecule has 0 atom stereocenters. The number of nitrogens with zero attached hydrogens (tertiary/aromatic N) is 1. The van der Waals surface area contributed by atoms with E-state index in [1.165, 1.54) is 49.0 Å². The van der Waals surface area contributed by atoms with Crippen LogP contribution in [0.5, 0.6) is 0 Å². The summed E-state index contributed by atoms with van der Waals surface area (Å²) in [6.45, 7) is 0. The van der Waals surface area contributed by atoms with Gasteiger partial charge in [-0.05, 0) is 110 Å². The molecule has 1 aromatic heterocycles. The van der Waals surface area contributed by atoms with Crippen molar-refractivity contribution >= 4 is 89.5 Å². The van der Waals surface area contributed by atoms with Gasteiger partial charge in [0.15, 0.2) is 0 Å². The number of hydrogen-bond donors (Lipinski definition) is 0. The summed E-state index contributed by atoms with van der Waals surface area (Å²) in [5, 5.41) is 10.00. The number of rotatable bonds is 5. The highest BCUT2D eigenvalue weighted by Crippen LogP contribution is 2.45. The standard InChI is InChI=1S/C48H33NO/c1-2-14-38(15-3-1)49(42-18-9-19-43-48(42)47-41-17-7-5-11-34(41)28-31-44(47)50-43)39-29-21-32(22-30-39)20-23-35-12-8-13-36-26-27-37-25-24-33-10-4-6-16-40(33)46(37)45(35)36/h1-5,7-15,17-31H,6,16H2. The van der Waals surface area contributed by atoms with Crippen LogP contribution in [0.3, 0.4) is 0 Å². The summed E-state index contributed by atoms with van der Waals surface area (Å²) in [6.07, 6.45) is 11.3. The van der Waals surface area contributed by atoms with Crippen molar-refractivity contribution in [2.75, 3.05) is 4.90 Å². The quantitative estimate of drug-likeness (QED) is 0.138. The number of para-hydroxylation sites is 1. The predicted molar refractivity (Wildman–Crippen MR) is 214 cm³/mol. The van der Waals surface area contributed by atoms with Crippen LogP contribution in [0.2, 0.25) is 0 Å². The normalized spacial score (nSPS) is 12.9. The summed E-state index contributed by atoms with van der Waals surface area (Å²) in [7, 11) is 0. The van der Waals surface area contributed by atoms with Crippen molar-refractivity contribution in [3.63, 3.8) is 0 Å². The van der Waals surface area contributed by atoms with Gasteiger partial charge >= 0.3 is 0 Å². The molecule has 0 fully saturated rings. The number of hydrogen-bond acceptors (Lipinski definition) is 2. The Kier molecular flexibility index (Phi) is 6.67. The van der Waals surface area contributed by atoms with Crippen molar-refractivity contribution < 1.29 is 4.42 Å². The molecule has 0 saturated heterocycles. The summed E-state index contributed by atoms with van der Waals surface area (Å²) < 4.78 is 6.47. The largest absolute Gasteiger partial charge is 0.456 e. The van der Waals surface area contributed by atoms with Crippen molar-refractivity contribution in [3.8, 4) is 0 Å². The summed E-state index contributed by atoms with van der Waals surface area (Å²) in [6, 6.07) is 54.5. The van der Waals surface area contributed by atoms with E-state index >= 15 is 0 Å². The Hall–Kier alpha value is -6.38.